The second kappa shape index (κ2) is 17.5. The summed E-state index contributed by atoms with van der Waals surface area (Å²) in [5.41, 5.74) is 11.4. The van der Waals surface area contributed by atoms with Crippen LogP contribution in [-0.2, 0) is 0 Å². The van der Waals surface area contributed by atoms with Crippen LogP contribution in [0.3, 0.4) is 0 Å². The van der Waals surface area contributed by atoms with E-state index in [9.17, 15) is 0 Å². The summed E-state index contributed by atoms with van der Waals surface area (Å²) in [4.78, 5) is 2.25. The lowest BCUT2D eigenvalue weighted by Crippen LogP contribution is -2.10. The van der Waals surface area contributed by atoms with Gasteiger partial charge in [0.05, 0.1) is 11.2 Å². The number of alkyl halides is 1. The number of nitrogens with zero attached hydrogens (tertiary/aromatic N) is 2. The van der Waals surface area contributed by atoms with Crippen molar-refractivity contribution in [3.8, 4) is 27.9 Å². The Morgan fingerprint density at radius 2 is 0.873 bits per heavy atom. The molecule has 0 aliphatic rings. The highest BCUT2D eigenvalue weighted by atomic mass is 19.1. The topological polar surface area (TPSA) is 8.17 Å². The van der Waals surface area contributed by atoms with Gasteiger partial charge in [0, 0.05) is 33.7 Å². The molecule has 71 heavy (non-hydrogen) atoms. The van der Waals surface area contributed by atoms with E-state index in [0.29, 0.717) is 11.1 Å². The predicted octanol–water partition coefficient (Wildman–Crippen LogP) is 19.3. The minimum atomic E-state index is -1.44. The Balaban J connectivity index is 0.930. The van der Waals surface area contributed by atoms with E-state index in [1.54, 1.807) is 0 Å². The minimum Gasteiger partial charge on any atom is -0.310 e. The number of aromatic nitrogens is 1. The second-order valence-electron chi connectivity index (χ2n) is 18.5. The molecule has 0 saturated heterocycles. The zero-order valence-corrected chi connectivity index (χ0v) is 39.2. The van der Waals surface area contributed by atoms with Crippen molar-refractivity contribution in [2.24, 2.45) is 0 Å². The molecule has 13 rings (SSSR count). The first-order valence-corrected chi connectivity index (χ1v) is 24.4. The standard InChI is InChI=1S/C68H47FN2/c1-2-13-64-67(66-63-23-11-8-16-49(63)34-41-65(66)71(64)55-18-4-3-5-19-55)68(69)54-17-12-20-58(44-54)70(56-35-28-45(29-36-56)50-32-39-61-52(42-50)26-24-47-14-6-9-21-59(47)61)57-37-30-46(31-38-57)51-33-40-62-53(43-51)27-25-48-15-7-10-22-60(48)62/h2-44,68H,1H3/b13-2-. The molecule has 0 fully saturated rings. The normalized spacial score (nSPS) is 12.3. The van der Waals surface area contributed by atoms with Crippen molar-refractivity contribution in [3.63, 3.8) is 0 Å². The van der Waals surface area contributed by atoms with Gasteiger partial charge < -0.3 is 9.47 Å². The van der Waals surface area contributed by atoms with Crippen molar-refractivity contribution in [3.05, 3.63) is 272 Å². The van der Waals surface area contributed by atoms with Crippen molar-refractivity contribution in [1.29, 1.82) is 0 Å². The predicted molar refractivity (Wildman–Crippen MR) is 300 cm³/mol. The first-order chi connectivity index (χ1) is 35.1. The molecule has 1 atom stereocenters. The van der Waals surface area contributed by atoms with Gasteiger partial charge in [-0.3, -0.25) is 0 Å². The Kier molecular flexibility index (Phi) is 10.4. The van der Waals surface area contributed by atoms with E-state index in [2.05, 4.69) is 216 Å². The average molecular weight is 911 g/mol. The summed E-state index contributed by atoms with van der Waals surface area (Å²) in [5, 5.41) is 12.9. The number of anilines is 3. The second-order valence-corrected chi connectivity index (χ2v) is 18.5. The van der Waals surface area contributed by atoms with Crippen molar-refractivity contribution in [1.82, 2.24) is 4.57 Å². The van der Waals surface area contributed by atoms with Gasteiger partial charge in [-0.15, -0.1) is 0 Å². The lowest BCUT2D eigenvalue weighted by molar-refractivity contribution is 0.404. The third-order valence-electron chi connectivity index (χ3n) is 14.4. The fourth-order valence-electron chi connectivity index (χ4n) is 11.0. The smallest absolute Gasteiger partial charge is 0.153 e. The van der Waals surface area contributed by atoms with E-state index in [1.807, 2.05) is 61.5 Å². The molecular weight excluding hydrogens is 864 g/mol. The molecule has 1 aromatic heterocycles. The van der Waals surface area contributed by atoms with Gasteiger partial charge in [0.15, 0.2) is 6.17 Å². The number of hydrogen-bond acceptors (Lipinski definition) is 1. The molecule has 12 aromatic carbocycles. The van der Waals surface area contributed by atoms with Crippen LogP contribution in [0.25, 0.3) is 98.8 Å². The highest BCUT2D eigenvalue weighted by molar-refractivity contribution is 6.12. The summed E-state index contributed by atoms with van der Waals surface area (Å²) in [6.45, 7) is 2.00. The van der Waals surface area contributed by atoms with Gasteiger partial charge in [-0.05, 0) is 161 Å². The highest BCUT2D eigenvalue weighted by Crippen LogP contribution is 2.45. The summed E-state index contributed by atoms with van der Waals surface area (Å²) in [5.74, 6) is 0. The van der Waals surface area contributed by atoms with E-state index in [0.717, 1.165) is 72.4 Å². The van der Waals surface area contributed by atoms with Crippen LogP contribution in [-0.4, -0.2) is 4.57 Å². The van der Waals surface area contributed by atoms with E-state index in [-0.39, 0.29) is 0 Å². The number of hydrogen-bond donors (Lipinski definition) is 0. The number of fused-ring (bicyclic) bond motifs is 9. The van der Waals surface area contributed by atoms with E-state index in [1.165, 1.54) is 43.1 Å². The van der Waals surface area contributed by atoms with Crippen LogP contribution < -0.4 is 4.90 Å². The number of benzene rings is 12. The summed E-state index contributed by atoms with van der Waals surface area (Å²) >= 11 is 0. The SMILES string of the molecule is C/C=C\c1c(C(F)c2cccc(N(c3ccc(-c4ccc5c(ccc6ccccc65)c4)cc3)c3ccc(-c4ccc5c(ccc6ccccc65)c4)cc3)c2)c2c3ccccc3ccc2n1-c1ccccc1. The molecule has 0 spiro atoms. The zero-order chi connectivity index (χ0) is 47.4. The van der Waals surface area contributed by atoms with Gasteiger partial charge in [-0.1, -0.05) is 188 Å². The van der Waals surface area contributed by atoms with Crippen molar-refractivity contribution in [2.45, 2.75) is 13.1 Å². The molecule has 336 valence electrons. The Morgan fingerprint density at radius 1 is 0.394 bits per heavy atom. The van der Waals surface area contributed by atoms with Gasteiger partial charge >= 0.3 is 0 Å². The monoisotopic (exact) mass is 910 g/mol. The molecule has 13 aromatic rings. The molecule has 1 heterocycles. The zero-order valence-electron chi connectivity index (χ0n) is 39.2. The lowest BCUT2D eigenvalue weighted by atomic mass is 9.95. The summed E-state index contributed by atoms with van der Waals surface area (Å²) in [7, 11) is 0. The molecular formula is C68H47FN2. The third kappa shape index (κ3) is 7.33. The van der Waals surface area contributed by atoms with Crippen molar-refractivity contribution in [2.75, 3.05) is 4.90 Å². The Hall–Kier alpha value is -9.05. The van der Waals surface area contributed by atoms with Gasteiger partial charge in [-0.2, -0.15) is 0 Å². The van der Waals surface area contributed by atoms with Crippen LogP contribution in [0.4, 0.5) is 21.5 Å². The molecule has 0 aliphatic carbocycles. The fourth-order valence-corrected chi connectivity index (χ4v) is 11.0. The molecule has 0 amide bonds. The molecule has 0 aliphatic heterocycles. The number of allylic oxidation sites excluding steroid dienone is 1. The van der Waals surface area contributed by atoms with Crippen molar-refractivity contribution >= 4 is 87.9 Å². The van der Waals surface area contributed by atoms with Gasteiger partial charge in [0.25, 0.3) is 0 Å². The van der Waals surface area contributed by atoms with E-state index < -0.39 is 6.17 Å². The fraction of sp³-hybridized carbons (Fsp3) is 0.0294. The maximum atomic E-state index is 18.3. The maximum Gasteiger partial charge on any atom is 0.153 e. The van der Waals surface area contributed by atoms with E-state index in [4.69, 9.17) is 0 Å². The molecule has 2 nitrogen and oxygen atoms in total. The number of halogens is 1. The Labute approximate surface area is 412 Å². The number of rotatable bonds is 9. The lowest BCUT2D eigenvalue weighted by Gasteiger charge is -2.27. The molecule has 3 heteroatoms. The Morgan fingerprint density at radius 3 is 1.45 bits per heavy atom. The van der Waals surface area contributed by atoms with E-state index >= 15 is 4.39 Å². The first-order valence-electron chi connectivity index (χ1n) is 24.4. The van der Waals surface area contributed by atoms with Gasteiger partial charge in [0.2, 0.25) is 0 Å². The minimum absolute atomic E-state index is 0.582. The van der Waals surface area contributed by atoms with Crippen LogP contribution in [0.2, 0.25) is 0 Å². The van der Waals surface area contributed by atoms with Crippen molar-refractivity contribution < 1.29 is 4.39 Å². The molecule has 0 saturated carbocycles. The summed E-state index contributed by atoms with van der Waals surface area (Å²) < 4.78 is 20.5. The van der Waals surface area contributed by atoms with Gasteiger partial charge in [-0.25, -0.2) is 4.39 Å². The molecule has 1 unspecified atom stereocenters. The largest absolute Gasteiger partial charge is 0.310 e. The summed E-state index contributed by atoms with van der Waals surface area (Å²) in [6, 6.07) is 88.0. The highest BCUT2D eigenvalue weighted by Gasteiger charge is 2.27. The Bertz CT molecular complexity index is 4020. The maximum absolute atomic E-state index is 18.3. The third-order valence-corrected chi connectivity index (χ3v) is 14.4. The number of para-hydroxylation sites is 1. The van der Waals surface area contributed by atoms with Gasteiger partial charge in [0.1, 0.15) is 0 Å². The molecule has 0 N–H and O–H groups in total. The first kappa shape index (κ1) is 42.1. The van der Waals surface area contributed by atoms with Crippen LogP contribution in [0.1, 0.15) is 29.9 Å². The molecule has 0 bridgehead atoms. The van der Waals surface area contributed by atoms with Crippen LogP contribution in [0.5, 0.6) is 0 Å². The molecule has 0 radical (unpaired) electrons. The summed E-state index contributed by atoms with van der Waals surface area (Å²) in [6.07, 6.45) is 2.62. The van der Waals surface area contributed by atoms with Crippen LogP contribution >= 0.6 is 0 Å². The quantitative estimate of drug-likeness (QED) is 0.131. The van der Waals surface area contributed by atoms with Crippen LogP contribution in [0, 0.1) is 0 Å². The average Bonchev–Trinajstić information content (AvgIpc) is 3.77. The van der Waals surface area contributed by atoms with Crippen LogP contribution in [0.15, 0.2) is 255 Å².